The second-order valence-corrected chi connectivity index (χ2v) is 10.1. The van der Waals surface area contributed by atoms with E-state index in [1.54, 1.807) is 24.3 Å². The topological polar surface area (TPSA) is 132 Å². The fourth-order valence-electron chi connectivity index (χ4n) is 5.04. The van der Waals surface area contributed by atoms with Gasteiger partial charge in [0, 0.05) is 36.3 Å². The molecule has 4 aromatic rings. The molecule has 1 aliphatic carbocycles. The molecule has 40 heavy (non-hydrogen) atoms. The Morgan fingerprint density at radius 1 is 1.02 bits per heavy atom. The number of nitrogen functional groups attached to an aromatic ring is 1. The summed E-state index contributed by atoms with van der Waals surface area (Å²) in [5.41, 5.74) is 7.31. The fourth-order valence-corrected chi connectivity index (χ4v) is 5.04. The van der Waals surface area contributed by atoms with Crippen LogP contribution in [0.5, 0.6) is 0 Å². The summed E-state index contributed by atoms with van der Waals surface area (Å²) in [4.78, 5) is 39.7. The van der Waals surface area contributed by atoms with Crippen molar-refractivity contribution in [3.05, 3.63) is 60.0 Å². The molecule has 1 atom stereocenters. The highest BCUT2D eigenvalue weighted by molar-refractivity contribution is 6.04. The molecular weight excluding hydrogens is 525 g/mol. The monoisotopic (exact) mass is 550 g/mol. The van der Waals surface area contributed by atoms with Crippen molar-refractivity contribution < 1.29 is 22.8 Å². The molecule has 1 saturated carbocycles. The molecule has 10 nitrogen and oxygen atoms in total. The standard InChI is InChI=1S/C27H25F3N8O2/c28-27(29,30)18-9-10-32-20(12-18)35-25(39)16-5-3-15(4-6-16)22-21-23(31)33-14-34-24(21)38(36-22)19-2-1-11-37(13-19)26(40)17-7-8-17/h3-6,9-10,12,14,17,19H,1-2,7-8,11,13H2,(H2,31,33,34)(H,32,35,39)/t19-/m1/s1. The zero-order valence-corrected chi connectivity index (χ0v) is 21.2. The first-order chi connectivity index (χ1) is 19.2. The number of alkyl halides is 3. The van der Waals surface area contributed by atoms with Gasteiger partial charge in [-0.15, -0.1) is 0 Å². The average molecular weight is 551 g/mol. The van der Waals surface area contributed by atoms with E-state index in [-0.39, 0.29) is 35.1 Å². The van der Waals surface area contributed by atoms with Gasteiger partial charge in [-0.25, -0.2) is 19.6 Å². The van der Waals surface area contributed by atoms with Gasteiger partial charge in [-0.1, -0.05) is 12.1 Å². The molecule has 13 heteroatoms. The molecule has 2 amide bonds. The molecule has 6 rings (SSSR count). The molecule has 2 fully saturated rings. The van der Waals surface area contributed by atoms with Crippen LogP contribution in [0, 0.1) is 5.92 Å². The number of carbonyl (C=O) groups excluding carboxylic acids is 2. The third-order valence-corrected chi connectivity index (χ3v) is 7.25. The summed E-state index contributed by atoms with van der Waals surface area (Å²) in [5, 5.41) is 7.82. The summed E-state index contributed by atoms with van der Waals surface area (Å²) < 4.78 is 40.8. The number of rotatable bonds is 5. The number of hydrogen-bond acceptors (Lipinski definition) is 7. The van der Waals surface area contributed by atoms with Crippen LogP contribution in [0.15, 0.2) is 48.9 Å². The Bertz CT molecular complexity index is 1600. The Morgan fingerprint density at radius 3 is 2.52 bits per heavy atom. The van der Waals surface area contributed by atoms with Gasteiger partial charge in [0.05, 0.1) is 17.0 Å². The van der Waals surface area contributed by atoms with Crippen molar-refractivity contribution in [1.82, 2.24) is 29.6 Å². The van der Waals surface area contributed by atoms with Crippen LogP contribution in [0.25, 0.3) is 22.3 Å². The van der Waals surface area contributed by atoms with Gasteiger partial charge in [-0.2, -0.15) is 18.3 Å². The number of piperidine rings is 1. The fraction of sp³-hybridized carbons (Fsp3) is 0.333. The van der Waals surface area contributed by atoms with Crippen molar-refractivity contribution >= 4 is 34.5 Å². The van der Waals surface area contributed by atoms with Crippen molar-refractivity contribution in [3.8, 4) is 11.3 Å². The number of nitrogens with zero attached hydrogens (tertiary/aromatic N) is 6. The lowest BCUT2D eigenvalue weighted by molar-refractivity contribution is -0.137. The van der Waals surface area contributed by atoms with E-state index in [0.717, 1.165) is 50.6 Å². The van der Waals surface area contributed by atoms with Crippen LogP contribution >= 0.6 is 0 Å². The molecule has 3 N–H and O–H groups in total. The Hall–Kier alpha value is -4.55. The summed E-state index contributed by atoms with van der Waals surface area (Å²) in [6.45, 7) is 1.27. The SMILES string of the molecule is Nc1ncnc2c1c(-c1ccc(C(=O)Nc3cc(C(F)(F)F)ccn3)cc1)nn2[C@@H]1CCCN(C(=O)C2CC2)C1. The van der Waals surface area contributed by atoms with Crippen molar-refractivity contribution in [2.45, 2.75) is 37.9 Å². The molecular formula is C27H25F3N8O2. The van der Waals surface area contributed by atoms with Crippen molar-refractivity contribution in [2.24, 2.45) is 5.92 Å². The lowest BCUT2D eigenvalue weighted by Gasteiger charge is -2.33. The smallest absolute Gasteiger partial charge is 0.383 e. The predicted molar refractivity (Wildman–Crippen MR) is 140 cm³/mol. The molecule has 0 unspecified atom stereocenters. The number of amides is 2. The Balaban J connectivity index is 1.27. The Labute approximate surface area is 226 Å². The van der Waals surface area contributed by atoms with Gasteiger partial charge >= 0.3 is 6.18 Å². The first kappa shape index (κ1) is 25.7. The number of pyridine rings is 1. The average Bonchev–Trinajstić information content (AvgIpc) is 3.72. The van der Waals surface area contributed by atoms with Crippen LogP contribution in [0.4, 0.5) is 24.8 Å². The van der Waals surface area contributed by atoms with Gasteiger partial charge in [-0.05, 0) is 49.9 Å². The first-order valence-electron chi connectivity index (χ1n) is 12.9. The van der Waals surface area contributed by atoms with Gasteiger partial charge in [0.2, 0.25) is 5.91 Å². The van der Waals surface area contributed by atoms with E-state index in [9.17, 15) is 22.8 Å². The summed E-state index contributed by atoms with van der Waals surface area (Å²) >= 11 is 0. The zero-order valence-electron chi connectivity index (χ0n) is 21.2. The summed E-state index contributed by atoms with van der Waals surface area (Å²) in [6.07, 6.45) is 1.40. The third kappa shape index (κ3) is 4.94. The van der Waals surface area contributed by atoms with Crippen LogP contribution in [-0.4, -0.2) is 54.5 Å². The number of halogens is 3. The minimum atomic E-state index is -4.55. The van der Waals surface area contributed by atoms with E-state index >= 15 is 0 Å². The van der Waals surface area contributed by atoms with Crippen LogP contribution in [0.1, 0.15) is 47.6 Å². The normalized spacial score (nSPS) is 17.7. The summed E-state index contributed by atoms with van der Waals surface area (Å²) in [6, 6.07) is 7.97. The number of anilines is 2. The van der Waals surface area contributed by atoms with Gasteiger partial charge in [-0.3, -0.25) is 9.59 Å². The second kappa shape index (κ2) is 9.88. The largest absolute Gasteiger partial charge is 0.416 e. The molecule has 0 spiro atoms. The first-order valence-corrected chi connectivity index (χ1v) is 12.9. The quantitative estimate of drug-likeness (QED) is 0.378. The maximum atomic E-state index is 13.0. The van der Waals surface area contributed by atoms with E-state index in [2.05, 4.69) is 20.3 Å². The number of hydrogen-bond donors (Lipinski definition) is 2. The number of carbonyl (C=O) groups is 2. The number of nitrogens with one attached hydrogen (secondary N) is 1. The van der Waals surface area contributed by atoms with E-state index in [4.69, 9.17) is 10.8 Å². The lowest BCUT2D eigenvalue weighted by Crippen LogP contribution is -2.41. The second-order valence-electron chi connectivity index (χ2n) is 10.1. The number of likely N-dealkylation sites (tertiary alicyclic amines) is 1. The van der Waals surface area contributed by atoms with Gasteiger partial charge < -0.3 is 16.0 Å². The molecule has 0 radical (unpaired) electrons. The molecule has 3 aromatic heterocycles. The third-order valence-electron chi connectivity index (χ3n) is 7.25. The summed E-state index contributed by atoms with van der Waals surface area (Å²) in [5.74, 6) is -0.226. The van der Waals surface area contributed by atoms with Crippen LogP contribution in [0.3, 0.4) is 0 Å². The van der Waals surface area contributed by atoms with Crippen LogP contribution in [0.2, 0.25) is 0 Å². The molecule has 2 aliphatic rings. The van der Waals surface area contributed by atoms with Gasteiger partial charge in [0.15, 0.2) is 5.65 Å². The lowest BCUT2D eigenvalue weighted by atomic mass is 10.1. The van der Waals surface area contributed by atoms with E-state index in [0.29, 0.717) is 28.8 Å². The predicted octanol–water partition coefficient (Wildman–Crippen LogP) is 4.32. The maximum absolute atomic E-state index is 13.0. The zero-order chi connectivity index (χ0) is 28.0. The van der Waals surface area contributed by atoms with Crippen LogP contribution < -0.4 is 11.1 Å². The highest BCUT2D eigenvalue weighted by Gasteiger charge is 2.36. The number of fused-ring (bicyclic) bond motifs is 1. The molecule has 4 heterocycles. The van der Waals surface area contributed by atoms with Gasteiger partial charge in [0.1, 0.15) is 23.7 Å². The van der Waals surface area contributed by atoms with E-state index in [1.807, 2.05) is 9.58 Å². The molecule has 1 saturated heterocycles. The molecule has 0 bridgehead atoms. The Kier molecular flexibility index (Phi) is 6.35. The number of nitrogens with two attached hydrogens (primary N) is 1. The number of benzene rings is 1. The van der Waals surface area contributed by atoms with E-state index in [1.165, 1.54) is 6.33 Å². The van der Waals surface area contributed by atoms with Crippen molar-refractivity contribution in [2.75, 3.05) is 24.1 Å². The van der Waals surface area contributed by atoms with Crippen LogP contribution in [-0.2, 0) is 11.0 Å². The molecule has 1 aliphatic heterocycles. The minimum absolute atomic E-state index is 0.0768. The molecule has 206 valence electrons. The van der Waals surface area contributed by atoms with Crippen molar-refractivity contribution in [3.63, 3.8) is 0 Å². The Morgan fingerprint density at radius 2 is 1.80 bits per heavy atom. The maximum Gasteiger partial charge on any atom is 0.416 e. The summed E-state index contributed by atoms with van der Waals surface area (Å²) in [7, 11) is 0. The number of aromatic nitrogens is 5. The minimum Gasteiger partial charge on any atom is -0.383 e. The highest BCUT2D eigenvalue weighted by Crippen LogP contribution is 2.36. The highest BCUT2D eigenvalue weighted by atomic mass is 19.4. The van der Waals surface area contributed by atoms with E-state index < -0.39 is 17.6 Å². The van der Waals surface area contributed by atoms with Gasteiger partial charge in [0.25, 0.3) is 5.91 Å². The molecule has 1 aromatic carbocycles. The van der Waals surface area contributed by atoms with Crippen molar-refractivity contribution in [1.29, 1.82) is 0 Å².